The molecule has 0 aliphatic heterocycles. The largest absolute Gasteiger partial charge is 0.480 e. The quantitative estimate of drug-likeness (QED) is 0.750. The Hall–Kier alpha value is -2.18. The molecule has 0 aromatic carbocycles. The molecule has 2 aromatic heterocycles. The van der Waals surface area contributed by atoms with E-state index < -0.39 is 5.97 Å². The summed E-state index contributed by atoms with van der Waals surface area (Å²) in [4.78, 5) is 10.6. The van der Waals surface area contributed by atoms with Gasteiger partial charge in [0, 0.05) is 13.2 Å². The van der Waals surface area contributed by atoms with E-state index in [4.69, 9.17) is 5.11 Å². The maximum Gasteiger partial charge on any atom is 0.323 e. The van der Waals surface area contributed by atoms with Gasteiger partial charge in [-0.1, -0.05) is 0 Å². The van der Waals surface area contributed by atoms with Crippen LogP contribution >= 0.6 is 0 Å². The Kier molecular flexibility index (Phi) is 2.20. The van der Waals surface area contributed by atoms with Gasteiger partial charge in [0.15, 0.2) is 5.82 Å². The fourth-order valence-electron chi connectivity index (χ4n) is 1.28. The summed E-state index contributed by atoms with van der Waals surface area (Å²) in [6.07, 6.45) is 4.75. The van der Waals surface area contributed by atoms with Crippen molar-refractivity contribution >= 4 is 5.97 Å². The van der Waals surface area contributed by atoms with Gasteiger partial charge in [0.05, 0.1) is 11.8 Å². The second kappa shape index (κ2) is 3.52. The minimum Gasteiger partial charge on any atom is -0.480 e. The number of carboxylic acids is 1. The summed E-state index contributed by atoms with van der Waals surface area (Å²) in [7, 11) is 1.78. The van der Waals surface area contributed by atoms with Crippen molar-refractivity contribution in [3.05, 3.63) is 18.7 Å². The summed E-state index contributed by atoms with van der Waals surface area (Å²) >= 11 is 0. The Balaban J connectivity index is 2.36. The number of aryl methyl sites for hydroxylation is 1. The maximum absolute atomic E-state index is 10.6. The predicted molar refractivity (Wildman–Crippen MR) is 49.9 cm³/mol. The number of rotatable bonds is 3. The molecular formula is C8H9N5O2. The van der Waals surface area contributed by atoms with Crippen molar-refractivity contribution < 1.29 is 9.90 Å². The Morgan fingerprint density at radius 3 is 3.00 bits per heavy atom. The van der Waals surface area contributed by atoms with Crippen LogP contribution in [0.15, 0.2) is 18.7 Å². The van der Waals surface area contributed by atoms with E-state index in [0.717, 1.165) is 5.56 Å². The lowest BCUT2D eigenvalue weighted by Gasteiger charge is -1.99. The van der Waals surface area contributed by atoms with Gasteiger partial charge in [0.25, 0.3) is 0 Å². The SMILES string of the molecule is Cn1cc(-c2nncn2CC(=O)O)cn1. The van der Waals surface area contributed by atoms with Gasteiger partial charge in [0.1, 0.15) is 12.9 Å². The number of nitrogens with zero attached hydrogens (tertiary/aromatic N) is 5. The van der Waals surface area contributed by atoms with Crippen LogP contribution in [0.5, 0.6) is 0 Å². The van der Waals surface area contributed by atoms with E-state index >= 15 is 0 Å². The molecule has 2 heterocycles. The maximum atomic E-state index is 10.6. The van der Waals surface area contributed by atoms with Crippen LogP contribution in [0.3, 0.4) is 0 Å². The third kappa shape index (κ3) is 1.85. The molecular weight excluding hydrogens is 198 g/mol. The van der Waals surface area contributed by atoms with Gasteiger partial charge >= 0.3 is 5.97 Å². The highest BCUT2D eigenvalue weighted by Crippen LogP contribution is 2.14. The van der Waals surface area contributed by atoms with Gasteiger partial charge in [-0.05, 0) is 0 Å². The van der Waals surface area contributed by atoms with E-state index in [1.54, 1.807) is 24.1 Å². The van der Waals surface area contributed by atoms with Crippen LogP contribution in [-0.2, 0) is 18.4 Å². The number of carbonyl (C=O) groups is 1. The number of hydrogen-bond donors (Lipinski definition) is 1. The summed E-state index contributed by atoms with van der Waals surface area (Å²) < 4.78 is 3.08. The Bertz CT molecular complexity index is 487. The first-order valence-corrected chi connectivity index (χ1v) is 4.25. The van der Waals surface area contributed by atoms with Crippen molar-refractivity contribution in [1.82, 2.24) is 24.5 Å². The summed E-state index contributed by atoms with van der Waals surface area (Å²) in [6, 6.07) is 0. The molecule has 0 aliphatic carbocycles. The van der Waals surface area contributed by atoms with Crippen molar-refractivity contribution in [2.75, 3.05) is 0 Å². The molecule has 0 aliphatic rings. The van der Waals surface area contributed by atoms with E-state index in [1.807, 2.05) is 0 Å². The lowest BCUT2D eigenvalue weighted by Crippen LogP contribution is -2.08. The van der Waals surface area contributed by atoms with Crippen LogP contribution in [-0.4, -0.2) is 35.6 Å². The van der Waals surface area contributed by atoms with Gasteiger partial charge in [-0.3, -0.25) is 9.48 Å². The number of aromatic nitrogens is 5. The zero-order valence-electron chi connectivity index (χ0n) is 8.03. The zero-order chi connectivity index (χ0) is 10.8. The average Bonchev–Trinajstić information content (AvgIpc) is 2.72. The summed E-state index contributed by atoms with van der Waals surface area (Å²) in [6.45, 7) is -0.156. The molecule has 0 fully saturated rings. The minimum absolute atomic E-state index is 0.156. The second-order valence-corrected chi connectivity index (χ2v) is 3.08. The molecule has 0 saturated heterocycles. The van der Waals surface area contributed by atoms with Crippen LogP contribution < -0.4 is 0 Å². The van der Waals surface area contributed by atoms with E-state index in [1.165, 1.54) is 10.9 Å². The normalized spacial score (nSPS) is 10.5. The molecule has 0 atom stereocenters. The van der Waals surface area contributed by atoms with Crippen molar-refractivity contribution in [2.45, 2.75) is 6.54 Å². The van der Waals surface area contributed by atoms with Crippen LogP contribution in [0.25, 0.3) is 11.4 Å². The van der Waals surface area contributed by atoms with Crippen molar-refractivity contribution in [1.29, 1.82) is 0 Å². The van der Waals surface area contributed by atoms with Crippen LogP contribution in [0.4, 0.5) is 0 Å². The molecule has 15 heavy (non-hydrogen) atoms. The zero-order valence-corrected chi connectivity index (χ0v) is 8.03. The van der Waals surface area contributed by atoms with Gasteiger partial charge < -0.3 is 9.67 Å². The van der Waals surface area contributed by atoms with Gasteiger partial charge in [-0.25, -0.2) is 0 Å². The molecule has 7 heteroatoms. The monoisotopic (exact) mass is 207 g/mol. The molecule has 0 radical (unpaired) electrons. The molecule has 7 nitrogen and oxygen atoms in total. The van der Waals surface area contributed by atoms with E-state index in [-0.39, 0.29) is 6.54 Å². The molecule has 0 amide bonds. The fourth-order valence-corrected chi connectivity index (χ4v) is 1.28. The molecule has 78 valence electrons. The fraction of sp³-hybridized carbons (Fsp3) is 0.250. The summed E-state index contributed by atoms with van der Waals surface area (Å²) in [5, 5.41) is 20.2. The molecule has 1 N–H and O–H groups in total. The molecule has 0 spiro atoms. The first kappa shape index (κ1) is 9.38. The van der Waals surface area contributed by atoms with Crippen molar-refractivity contribution in [3.63, 3.8) is 0 Å². The third-order valence-corrected chi connectivity index (χ3v) is 1.88. The minimum atomic E-state index is -0.931. The highest BCUT2D eigenvalue weighted by Gasteiger charge is 2.10. The lowest BCUT2D eigenvalue weighted by atomic mass is 10.3. The highest BCUT2D eigenvalue weighted by atomic mass is 16.4. The number of carboxylic acid groups (broad SMARTS) is 1. The molecule has 2 aromatic rings. The average molecular weight is 207 g/mol. The Morgan fingerprint density at radius 2 is 2.40 bits per heavy atom. The van der Waals surface area contributed by atoms with Crippen molar-refractivity contribution in [3.8, 4) is 11.4 Å². The third-order valence-electron chi connectivity index (χ3n) is 1.88. The van der Waals surface area contributed by atoms with Gasteiger partial charge in [0.2, 0.25) is 0 Å². The molecule has 0 bridgehead atoms. The smallest absolute Gasteiger partial charge is 0.323 e. The van der Waals surface area contributed by atoms with Crippen molar-refractivity contribution in [2.24, 2.45) is 7.05 Å². The second-order valence-electron chi connectivity index (χ2n) is 3.08. The Morgan fingerprint density at radius 1 is 1.60 bits per heavy atom. The first-order valence-electron chi connectivity index (χ1n) is 4.25. The predicted octanol–water partition coefficient (Wildman–Crippen LogP) is -0.237. The standard InChI is InChI=1S/C8H9N5O2/c1-12-3-6(2-10-12)8-11-9-5-13(8)4-7(14)15/h2-3,5H,4H2,1H3,(H,14,15). The van der Waals surface area contributed by atoms with E-state index in [0.29, 0.717) is 5.82 Å². The first-order chi connectivity index (χ1) is 7.16. The number of hydrogen-bond acceptors (Lipinski definition) is 4. The molecule has 0 saturated carbocycles. The van der Waals surface area contributed by atoms with E-state index in [2.05, 4.69) is 15.3 Å². The van der Waals surface area contributed by atoms with Crippen LogP contribution in [0.1, 0.15) is 0 Å². The Labute approximate surface area is 85.0 Å². The molecule has 0 unspecified atom stereocenters. The van der Waals surface area contributed by atoms with Crippen LogP contribution in [0, 0.1) is 0 Å². The van der Waals surface area contributed by atoms with E-state index in [9.17, 15) is 4.79 Å². The highest BCUT2D eigenvalue weighted by molar-refractivity contribution is 5.67. The number of aliphatic carboxylic acids is 1. The molecule has 2 rings (SSSR count). The van der Waals surface area contributed by atoms with Gasteiger partial charge in [-0.2, -0.15) is 5.10 Å². The van der Waals surface area contributed by atoms with Crippen LogP contribution in [0.2, 0.25) is 0 Å². The summed E-state index contributed by atoms with van der Waals surface area (Å²) in [5.74, 6) is -0.426. The lowest BCUT2D eigenvalue weighted by molar-refractivity contribution is -0.137. The van der Waals surface area contributed by atoms with Gasteiger partial charge in [-0.15, -0.1) is 10.2 Å². The summed E-state index contributed by atoms with van der Waals surface area (Å²) in [5.41, 5.74) is 0.747. The topological polar surface area (TPSA) is 85.8 Å².